The van der Waals surface area contributed by atoms with E-state index in [4.69, 9.17) is 5.73 Å². The van der Waals surface area contributed by atoms with Crippen LogP contribution in [0.4, 0.5) is 10.1 Å². The predicted octanol–water partition coefficient (Wildman–Crippen LogP) is 0.712. The second-order valence-electron chi connectivity index (χ2n) is 4.53. The molecule has 1 aromatic carbocycles. The Morgan fingerprint density at radius 3 is 2.26 bits per heavy atom. The molecule has 1 aliphatic rings. The van der Waals surface area contributed by atoms with Gasteiger partial charge in [0.1, 0.15) is 5.82 Å². The van der Waals surface area contributed by atoms with Crippen molar-refractivity contribution in [2.75, 3.05) is 31.9 Å². The van der Waals surface area contributed by atoms with E-state index in [1.54, 1.807) is 9.80 Å². The van der Waals surface area contributed by atoms with Gasteiger partial charge in [-0.15, -0.1) is 0 Å². The van der Waals surface area contributed by atoms with Crippen LogP contribution < -0.4 is 5.73 Å². The molecule has 0 bridgehead atoms. The van der Waals surface area contributed by atoms with Crippen LogP contribution in [0.2, 0.25) is 0 Å². The average Bonchev–Trinajstić information content (AvgIpc) is 2.41. The number of hydrogen-bond donors (Lipinski definition) is 1. The summed E-state index contributed by atoms with van der Waals surface area (Å²) in [5.41, 5.74) is 5.79. The maximum Gasteiger partial charge on any atom is 0.254 e. The van der Waals surface area contributed by atoms with Gasteiger partial charge in [0, 0.05) is 38.7 Å². The molecule has 0 aromatic heterocycles. The van der Waals surface area contributed by atoms with E-state index in [0.29, 0.717) is 31.7 Å². The summed E-state index contributed by atoms with van der Waals surface area (Å²) in [6.07, 6.45) is 0. The summed E-state index contributed by atoms with van der Waals surface area (Å²) in [4.78, 5) is 26.7. The van der Waals surface area contributed by atoms with Crippen LogP contribution in [-0.4, -0.2) is 47.8 Å². The minimum absolute atomic E-state index is 0.0122. The lowest BCUT2D eigenvalue weighted by molar-refractivity contribution is -0.130. The SMILES string of the molecule is CC(=O)N1CCN(C(=O)c2ccc(F)c(N)c2)CC1. The summed E-state index contributed by atoms with van der Waals surface area (Å²) < 4.78 is 13.1. The largest absolute Gasteiger partial charge is 0.396 e. The Hall–Kier alpha value is -2.11. The lowest BCUT2D eigenvalue weighted by Gasteiger charge is -2.34. The molecule has 0 spiro atoms. The molecule has 1 aliphatic heterocycles. The minimum Gasteiger partial charge on any atom is -0.396 e. The quantitative estimate of drug-likeness (QED) is 0.761. The second-order valence-corrected chi connectivity index (χ2v) is 4.53. The number of carbonyl (C=O) groups is 2. The zero-order chi connectivity index (χ0) is 14.0. The van der Waals surface area contributed by atoms with Gasteiger partial charge in [0.05, 0.1) is 5.69 Å². The third-order valence-corrected chi connectivity index (χ3v) is 3.26. The molecule has 0 aliphatic carbocycles. The Balaban J connectivity index is 2.05. The van der Waals surface area contributed by atoms with Crippen LogP contribution in [0.3, 0.4) is 0 Å². The third kappa shape index (κ3) is 2.83. The van der Waals surface area contributed by atoms with Gasteiger partial charge in [0.2, 0.25) is 5.91 Å². The summed E-state index contributed by atoms with van der Waals surface area (Å²) in [5, 5.41) is 0. The van der Waals surface area contributed by atoms with Crippen LogP contribution in [-0.2, 0) is 4.79 Å². The molecule has 0 unspecified atom stereocenters. The Morgan fingerprint density at radius 1 is 1.16 bits per heavy atom. The zero-order valence-corrected chi connectivity index (χ0v) is 10.7. The maximum atomic E-state index is 13.1. The highest BCUT2D eigenvalue weighted by atomic mass is 19.1. The fraction of sp³-hybridized carbons (Fsp3) is 0.385. The molecule has 5 nitrogen and oxygen atoms in total. The molecular weight excluding hydrogens is 249 g/mol. The first kappa shape index (κ1) is 13.3. The lowest BCUT2D eigenvalue weighted by Crippen LogP contribution is -2.50. The number of nitrogens with two attached hydrogens (primary N) is 1. The van der Waals surface area contributed by atoms with Crippen molar-refractivity contribution in [3.8, 4) is 0 Å². The number of anilines is 1. The number of halogens is 1. The number of piperazine rings is 1. The first-order valence-electron chi connectivity index (χ1n) is 6.09. The number of hydrogen-bond acceptors (Lipinski definition) is 3. The van der Waals surface area contributed by atoms with Gasteiger partial charge in [-0.2, -0.15) is 0 Å². The van der Waals surface area contributed by atoms with E-state index in [2.05, 4.69) is 0 Å². The first-order chi connectivity index (χ1) is 8.99. The molecule has 1 heterocycles. The lowest BCUT2D eigenvalue weighted by atomic mass is 10.1. The molecule has 2 amide bonds. The van der Waals surface area contributed by atoms with Crippen molar-refractivity contribution in [3.63, 3.8) is 0 Å². The summed E-state index contributed by atoms with van der Waals surface area (Å²) in [7, 11) is 0. The average molecular weight is 265 g/mol. The summed E-state index contributed by atoms with van der Waals surface area (Å²) in [6, 6.07) is 3.95. The Morgan fingerprint density at radius 2 is 1.74 bits per heavy atom. The Bertz CT molecular complexity index is 511. The highest BCUT2D eigenvalue weighted by Crippen LogP contribution is 2.15. The number of nitrogens with zero attached hydrogens (tertiary/aromatic N) is 2. The van der Waals surface area contributed by atoms with Crippen LogP contribution >= 0.6 is 0 Å². The summed E-state index contributed by atoms with van der Waals surface area (Å²) in [5.74, 6) is -0.703. The summed E-state index contributed by atoms with van der Waals surface area (Å²) >= 11 is 0. The number of carbonyl (C=O) groups excluding carboxylic acids is 2. The fourth-order valence-corrected chi connectivity index (χ4v) is 2.08. The van der Waals surface area contributed by atoms with Crippen LogP contribution in [0, 0.1) is 5.82 Å². The van der Waals surface area contributed by atoms with E-state index in [0.717, 1.165) is 0 Å². The molecule has 2 N–H and O–H groups in total. The van der Waals surface area contributed by atoms with E-state index < -0.39 is 5.82 Å². The van der Waals surface area contributed by atoms with E-state index in [1.807, 2.05) is 0 Å². The Kier molecular flexibility index (Phi) is 3.69. The zero-order valence-electron chi connectivity index (χ0n) is 10.7. The van der Waals surface area contributed by atoms with Crippen molar-refractivity contribution in [2.45, 2.75) is 6.92 Å². The standard InChI is InChI=1S/C13H16FN3O2/c1-9(18)16-4-6-17(7-5-16)13(19)10-2-3-11(14)12(15)8-10/h2-3,8H,4-7,15H2,1H3. The van der Waals surface area contributed by atoms with Gasteiger partial charge in [-0.05, 0) is 18.2 Å². The molecule has 1 saturated heterocycles. The van der Waals surface area contributed by atoms with Gasteiger partial charge in [0.25, 0.3) is 5.91 Å². The number of amides is 2. The van der Waals surface area contributed by atoms with Crippen molar-refractivity contribution in [1.29, 1.82) is 0 Å². The van der Waals surface area contributed by atoms with Gasteiger partial charge >= 0.3 is 0 Å². The fourth-order valence-electron chi connectivity index (χ4n) is 2.08. The molecule has 0 saturated carbocycles. The molecule has 0 atom stereocenters. The van der Waals surface area contributed by atoms with Gasteiger partial charge in [-0.25, -0.2) is 4.39 Å². The Labute approximate surface area is 110 Å². The molecule has 102 valence electrons. The van der Waals surface area contributed by atoms with E-state index >= 15 is 0 Å². The molecule has 0 radical (unpaired) electrons. The molecule has 19 heavy (non-hydrogen) atoms. The highest BCUT2D eigenvalue weighted by Gasteiger charge is 2.23. The van der Waals surface area contributed by atoms with E-state index in [9.17, 15) is 14.0 Å². The van der Waals surface area contributed by atoms with Gasteiger partial charge in [-0.1, -0.05) is 0 Å². The predicted molar refractivity (Wildman–Crippen MR) is 69.0 cm³/mol. The topological polar surface area (TPSA) is 66.6 Å². The minimum atomic E-state index is -0.530. The smallest absolute Gasteiger partial charge is 0.254 e. The van der Waals surface area contributed by atoms with Crippen LogP contribution in [0.25, 0.3) is 0 Å². The van der Waals surface area contributed by atoms with E-state index in [1.165, 1.54) is 25.1 Å². The van der Waals surface area contributed by atoms with Crippen LogP contribution in [0.15, 0.2) is 18.2 Å². The van der Waals surface area contributed by atoms with Crippen molar-refractivity contribution in [3.05, 3.63) is 29.6 Å². The van der Waals surface area contributed by atoms with Crippen molar-refractivity contribution in [1.82, 2.24) is 9.80 Å². The summed E-state index contributed by atoms with van der Waals surface area (Å²) in [6.45, 7) is 3.53. The maximum absolute atomic E-state index is 13.1. The van der Waals surface area contributed by atoms with Crippen LogP contribution in [0.5, 0.6) is 0 Å². The van der Waals surface area contributed by atoms with Crippen molar-refractivity contribution in [2.24, 2.45) is 0 Å². The molecule has 1 aromatic rings. The van der Waals surface area contributed by atoms with Crippen molar-refractivity contribution < 1.29 is 14.0 Å². The number of rotatable bonds is 1. The van der Waals surface area contributed by atoms with Gasteiger partial charge < -0.3 is 15.5 Å². The van der Waals surface area contributed by atoms with Gasteiger partial charge in [0.15, 0.2) is 0 Å². The second kappa shape index (κ2) is 5.26. The highest BCUT2D eigenvalue weighted by molar-refractivity contribution is 5.95. The molecular formula is C13H16FN3O2. The monoisotopic (exact) mass is 265 g/mol. The molecule has 1 fully saturated rings. The van der Waals surface area contributed by atoms with Crippen molar-refractivity contribution >= 4 is 17.5 Å². The number of nitrogen functional groups attached to an aromatic ring is 1. The van der Waals surface area contributed by atoms with E-state index in [-0.39, 0.29) is 17.5 Å². The molecule has 2 rings (SSSR count). The molecule has 6 heteroatoms. The normalized spacial score (nSPS) is 15.5. The first-order valence-corrected chi connectivity index (χ1v) is 6.09. The van der Waals surface area contributed by atoms with Gasteiger partial charge in [-0.3, -0.25) is 9.59 Å². The third-order valence-electron chi connectivity index (χ3n) is 3.26. The number of benzene rings is 1. The van der Waals surface area contributed by atoms with Crippen LogP contribution in [0.1, 0.15) is 17.3 Å².